The highest BCUT2D eigenvalue weighted by Crippen LogP contribution is 2.28. The maximum Gasteiger partial charge on any atom is 0.0671 e. The van der Waals surface area contributed by atoms with Crippen molar-refractivity contribution in [3.63, 3.8) is 0 Å². The number of benzene rings is 1. The van der Waals surface area contributed by atoms with Crippen LogP contribution in [0.5, 0.6) is 0 Å². The molecule has 0 aliphatic carbocycles. The molecule has 3 rings (SSSR count). The van der Waals surface area contributed by atoms with E-state index < -0.39 is 0 Å². The number of hydrogen-bond donors (Lipinski definition) is 1. The summed E-state index contributed by atoms with van der Waals surface area (Å²) in [5.41, 5.74) is 3.96. The van der Waals surface area contributed by atoms with E-state index in [0.29, 0.717) is 12.0 Å². The average Bonchev–Trinajstić information content (AvgIpc) is 2.93. The van der Waals surface area contributed by atoms with Gasteiger partial charge >= 0.3 is 0 Å². The van der Waals surface area contributed by atoms with Gasteiger partial charge in [-0.2, -0.15) is 5.10 Å². The van der Waals surface area contributed by atoms with E-state index in [1.165, 1.54) is 29.8 Å². The second kappa shape index (κ2) is 6.44. The minimum atomic E-state index is 0.430. The van der Waals surface area contributed by atoms with Gasteiger partial charge in [-0.1, -0.05) is 30.3 Å². The predicted molar refractivity (Wildman–Crippen MR) is 86.7 cm³/mol. The Kier molecular flexibility index (Phi) is 4.39. The molecule has 1 fully saturated rings. The fourth-order valence-electron chi connectivity index (χ4n) is 3.19. The van der Waals surface area contributed by atoms with Crippen molar-refractivity contribution in [2.75, 3.05) is 13.1 Å². The van der Waals surface area contributed by atoms with E-state index in [1.54, 1.807) is 0 Å². The van der Waals surface area contributed by atoms with Gasteiger partial charge in [0.1, 0.15) is 0 Å². The third-order valence-electron chi connectivity index (χ3n) is 4.29. The van der Waals surface area contributed by atoms with Gasteiger partial charge < -0.3 is 5.32 Å². The molecule has 1 N–H and O–H groups in total. The molecule has 0 radical (unpaired) electrons. The molecule has 2 aromatic rings. The van der Waals surface area contributed by atoms with Crippen LogP contribution in [-0.4, -0.2) is 22.9 Å². The maximum absolute atomic E-state index is 4.88. The Morgan fingerprint density at radius 2 is 1.90 bits per heavy atom. The second-order valence-electron chi connectivity index (χ2n) is 6.29. The van der Waals surface area contributed by atoms with Crippen LogP contribution < -0.4 is 5.32 Å². The molecule has 21 heavy (non-hydrogen) atoms. The van der Waals surface area contributed by atoms with Gasteiger partial charge in [0.25, 0.3) is 0 Å². The Morgan fingerprint density at radius 3 is 2.57 bits per heavy atom. The standard InChI is InChI=1S/C18H25N3/c1-14(2)21-18(16-8-10-19-11-9-16)13-17(20-21)12-15-6-4-3-5-7-15/h3-7,13-14,16,19H,8-12H2,1-2H3. The Hall–Kier alpha value is -1.61. The SMILES string of the molecule is CC(C)n1nc(Cc2ccccc2)cc1C1CCNCC1. The van der Waals surface area contributed by atoms with E-state index in [1.807, 2.05) is 0 Å². The molecule has 3 heteroatoms. The highest BCUT2D eigenvalue weighted by atomic mass is 15.3. The normalized spacial score (nSPS) is 16.5. The molecule has 1 aliphatic rings. The number of nitrogens with zero attached hydrogens (tertiary/aromatic N) is 2. The maximum atomic E-state index is 4.88. The second-order valence-corrected chi connectivity index (χ2v) is 6.29. The summed E-state index contributed by atoms with van der Waals surface area (Å²) in [4.78, 5) is 0. The van der Waals surface area contributed by atoms with Crippen molar-refractivity contribution >= 4 is 0 Å². The summed E-state index contributed by atoms with van der Waals surface area (Å²) in [5.74, 6) is 0.658. The van der Waals surface area contributed by atoms with Crippen LogP contribution in [0.25, 0.3) is 0 Å². The van der Waals surface area contributed by atoms with Gasteiger partial charge in [0.05, 0.1) is 5.69 Å². The highest BCUT2D eigenvalue weighted by molar-refractivity contribution is 5.24. The molecular formula is C18H25N3. The lowest BCUT2D eigenvalue weighted by Gasteiger charge is -2.24. The summed E-state index contributed by atoms with van der Waals surface area (Å²) >= 11 is 0. The molecule has 0 bridgehead atoms. The Morgan fingerprint density at radius 1 is 1.19 bits per heavy atom. The first-order chi connectivity index (χ1) is 10.2. The van der Waals surface area contributed by atoms with Crippen LogP contribution in [0.15, 0.2) is 36.4 Å². The van der Waals surface area contributed by atoms with Crippen molar-refractivity contribution in [3.05, 3.63) is 53.3 Å². The molecule has 0 atom stereocenters. The Balaban J connectivity index is 1.85. The van der Waals surface area contributed by atoms with Gasteiger partial charge in [-0.3, -0.25) is 4.68 Å². The van der Waals surface area contributed by atoms with Crippen LogP contribution >= 0.6 is 0 Å². The van der Waals surface area contributed by atoms with E-state index in [9.17, 15) is 0 Å². The molecule has 1 saturated heterocycles. The summed E-state index contributed by atoms with van der Waals surface area (Å²) in [7, 11) is 0. The molecule has 2 heterocycles. The van der Waals surface area contributed by atoms with Gasteiger partial charge in [0.2, 0.25) is 0 Å². The zero-order valence-corrected chi connectivity index (χ0v) is 13.0. The van der Waals surface area contributed by atoms with Crippen LogP contribution in [0.3, 0.4) is 0 Å². The van der Waals surface area contributed by atoms with Crippen molar-refractivity contribution in [2.24, 2.45) is 0 Å². The van der Waals surface area contributed by atoms with Crippen molar-refractivity contribution in [2.45, 2.75) is 45.1 Å². The summed E-state index contributed by atoms with van der Waals surface area (Å²) in [6.07, 6.45) is 3.38. The zero-order chi connectivity index (χ0) is 14.7. The number of rotatable bonds is 4. The van der Waals surface area contributed by atoms with Gasteiger partial charge in [0.15, 0.2) is 0 Å². The van der Waals surface area contributed by atoms with Crippen LogP contribution in [0.2, 0.25) is 0 Å². The smallest absolute Gasteiger partial charge is 0.0671 e. The molecule has 0 saturated carbocycles. The van der Waals surface area contributed by atoms with Crippen LogP contribution in [0, 0.1) is 0 Å². The lowest BCUT2D eigenvalue weighted by atomic mass is 9.94. The van der Waals surface area contributed by atoms with E-state index in [0.717, 1.165) is 19.5 Å². The zero-order valence-electron chi connectivity index (χ0n) is 13.0. The van der Waals surface area contributed by atoms with E-state index in [-0.39, 0.29) is 0 Å². The molecule has 1 aliphatic heterocycles. The van der Waals surface area contributed by atoms with Gasteiger partial charge in [0, 0.05) is 24.1 Å². The van der Waals surface area contributed by atoms with Gasteiger partial charge in [-0.25, -0.2) is 0 Å². The fourth-order valence-corrected chi connectivity index (χ4v) is 3.19. The quantitative estimate of drug-likeness (QED) is 0.930. The van der Waals surface area contributed by atoms with Crippen LogP contribution in [0.1, 0.15) is 55.6 Å². The highest BCUT2D eigenvalue weighted by Gasteiger charge is 2.21. The predicted octanol–water partition coefficient (Wildman–Crippen LogP) is 3.52. The van der Waals surface area contributed by atoms with Crippen LogP contribution in [-0.2, 0) is 6.42 Å². The Bertz CT molecular complexity index is 565. The van der Waals surface area contributed by atoms with E-state index >= 15 is 0 Å². The number of hydrogen-bond acceptors (Lipinski definition) is 2. The molecular weight excluding hydrogens is 258 g/mol. The van der Waals surface area contributed by atoms with Crippen molar-refractivity contribution < 1.29 is 0 Å². The monoisotopic (exact) mass is 283 g/mol. The third kappa shape index (κ3) is 3.35. The first kappa shape index (κ1) is 14.3. The van der Waals surface area contributed by atoms with Crippen LogP contribution in [0.4, 0.5) is 0 Å². The number of nitrogens with one attached hydrogen (secondary N) is 1. The van der Waals surface area contributed by atoms with E-state index in [4.69, 9.17) is 5.10 Å². The number of piperidine rings is 1. The molecule has 112 valence electrons. The van der Waals surface area contributed by atoms with Crippen molar-refractivity contribution in [3.8, 4) is 0 Å². The first-order valence-electron chi connectivity index (χ1n) is 8.07. The molecule has 0 unspecified atom stereocenters. The van der Waals surface area contributed by atoms with E-state index in [2.05, 4.69) is 60.2 Å². The third-order valence-corrected chi connectivity index (χ3v) is 4.29. The Labute approximate surface area is 127 Å². The summed E-state index contributed by atoms with van der Waals surface area (Å²) in [6, 6.07) is 13.4. The molecule has 3 nitrogen and oxygen atoms in total. The van der Waals surface area contributed by atoms with Gasteiger partial charge in [-0.15, -0.1) is 0 Å². The van der Waals surface area contributed by atoms with Gasteiger partial charge in [-0.05, 0) is 51.4 Å². The first-order valence-corrected chi connectivity index (χ1v) is 8.07. The molecule has 0 spiro atoms. The average molecular weight is 283 g/mol. The fraction of sp³-hybridized carbons (Fsp3) is 0.500. The number of aromatic nitrogens is 2. The van der Waals surface area contributed by atoms with Crippen molar-refractivity contribution in [1.29, 1.82) is 0 Å². The largest absolute Gasteiger partial charge is 0.317 e. The summed E-state index contributed by atoms with van der Waals surface area (Å²) in [5, 5.41) is 8.33. The summed E-state index contributed by atoms with van der Waals surface area (Å²) in [6.45, 7) is 6.71. The topological polar surface area (TPSA) is 29.9 Å². The lowest BCUT2D eigenvalue weighted by Crippen LogP contribution is -2.28. The molecule has 1 aromatic heterocycles. The lowest BCUT2D eigenvalue weighted by molar-refractivity contribution is 0.412. The summed E-state index contributed by atoms with van der Waals surface area (Å²) < 4.78 is 2.24. The minimum absolute atomic E-state index is 0.430. The van der Waals surface area contributed by atoms with Crippen molar-refractivity contribution in [1.82, 2.24) is 15.1 Å². The minimum Gasteiger partial charge on any atom is -0.317 e. The molecule has 0 amide bonds. The molecule has 1 aromatic carbocycles.